The minimum atomic E-state index is 0.0633. The Hall–Kier alpha value is -1.17. The van der Waals surface area contributed by atoms with Crippen molar-refractivity contribution in [1.29, 1.82) is 0 Å². The van der Waals surface area contributed by atoms with Crippen molar-refractivity contribution in [3.05, 3.63) is 51.4 Å². The van der Waals surface area contributed by atoms with E-state index in [9.17, 15) is 0 Å². The van der Waals surface area contributed by atoms with E-state index in [0.717, 1.165) is 15.1 Å². The summed E-state index contributed by atoms with van der Waals surface area (Å²) in [5.74, 6) is 0. The van der Waals surface area contributed by atoms with Gasteiger partial charge in [0.15, 0.2) is 5.11 Å². The highest BCUT2D eigenvalue weighted by molar-refractivity contribution is 7.80. The first-order valence-corrected chi connectivity index (χ1v) is 7.46. The highest BCUT2D eigenvalue weighted by Crippen LogP contribution is 2.41. The smallest absolute Gasteiger partial charge is 0.169 e. The van der Waals surface area contributed by atoms with Gasteiger partial charge in [0, 0.05) is 18.1 Å². The van der Waals surface area contributed by atoms with Crippen molar-refractivity contribution in [3.8, 4) is 0 Å². The van der Waals surface area contributed by atoms with Crippen LogP contribution in [-0.2, 0) is 0 Å². The van der Waals surface area contributed by atoms with Crippen molar-refractivity contribution in [2.24, 2.45) is 0 Å². The third-order valence-electron chi connectivity index (χ3n) is 3.22. The second kappa shape index (κ2) is 5.07. The van der Waals surface area contributed by atoms with Gasteiger partial charge in [-0.2, -0.15) is 0 Å². The summed E-state index contributed by atoms with van der Waals surface area (Å²) in [7, 11) is 2.00. The molecule has 1 N–H and O–H groups in total. The lowest BCUT2D eigenvalue weighted by molar-refractivity contribution is 0.374. The minimum absolute atomic E-state index is 0.0633. The Morgan fingerprint density at radius 3 is 2.84 bits per heavy atom. The maximum atomic E-state index is 6.05. The normalized spacial score (nSPS) is 22.6. The summed E-state index contributed by atoms with van der Waals surface area (Å²) < 4.78 is 0.793. The largest absolute Gasteiger partial charge is 0.352 e. The maximum Gasteiger partial charge on any atom is 0.169 e. The summed E-state index contributed by atoms with van der Waals surface area (Å²) in [6.07, 6.45) is 1.80. The zero-order valence-corrected chi connectivity index (χ0v) is 12.6. The Morgan fingerprint density at radius 1 is 1.37 bits per heavy atom. The van der Waals surface area contributed by atoms with Crippen LogP contribution in [0.25, 0.3) is 0 Å². The van der Waals surface area contributed by atoms with Crippen LogP contribution in [0.1, 0.15) is 22.7 Å². The average molecular weight is 310 g/mol. The van der Waals surface area contributed by atoms with Crippen LogP contribution in [-0.4, -0.2) is 22.0 Å². The average Bonchev–Trinajstić information content (AvgIpc) is 2.96. The highest BCUT2D eigenvalue weighted by Gasteiger charge is 2.38. The van der Waals surface area contributed by atoms with Gasteiger partial charge >= 0.3 is 0 Å². The molecule has 1 aliphatic rings. The molecule has 2 atom stereocenters. The van der Waals surface area contributed by atoms with Gasteiger partial charge < -0.3 is 10.2 Å². The van der Waals surface area contributed by atoms with E-state index in [1.54, 1.807) is 17.5 Å². The summed E-state index contributed by atoms with van der Waals surface area (Å²) in [4.78, 5) is 7.69. The van der Waals surface area contributed by atoms with E-state index in [4.69, 9.17) is 23.8 Å². The van der Waals surface area contributed by atoms with Crippen molar-refractivity contribution in [2.45, 2.75) is 12.1 Å². The van der Waals surface area contributed by atoms with Gasteiger partial charge in [-0.1, -0.05) is 17.7 Å². The second-order valence-electron chi connectivity index (χ2n) is 4.38. The number of halogens is 1. The van der Waals surface area contributed by atoms with E-state index < -0.39 is 0 Å². The first-order chi connectivity index (χ1) is 9.16. The van der Waals surface area contributed by atoms with E-state index in [1.165, 1.54) is 4.88 Å². The van der Waals surface area contributed by atoms with Gasteiger partial charge in [-0.15, -0.1) is 11.3 Å². The van der Waals surface area contributed by atoms with Crippen LogP contribution >= 0.6 is 35.2 Å². The van der Waals surface area contributed by atoms with Crippen molar-refractivity contribution in [1.82, 2.24) is 15.2 Å². The molecule has 0 aliphatic carbocycles. The number of hydrogen-bond acceptors (Lipinski definition) is 3. The number of hydrogen-bond donors (Lipinski definition) is 1. The molecule has 0 spiro atoms. The fourth-order valence-electron chi connectivity index (χ4n) is 2.30. The lowest BCUT2D eigenvalue weighted by Crippen LogP contribution is -2.24. The number of aromatic nitrogens is 1. The fraction of sp³-hybridized carbons (Fsp3) is 0.231. The van der Waals surface area contributed by atoms with Crippen molar-refractivity contribution < 1.29 is 0 Å². The van der Waals surface area contributed by atoms with Crippen molar-refractivity contribution in [3.63, 3.8) is 0 Å². The van der Waals surface area contributed by atoms with E-state index in [-0.39, 0.29) is 12.1 Å². The molecular formula is C13H12ClN3S2. The van der Waals surface area contributed by atoms with Crippen LogP contribution in [0.2, 0.25) is 4.34 Å². The van der Waals surface area contributed by atoms with Crippen LogP contribution in [0, 0.1) is 0 Å². The molecular weight excluding hydrogens is 298 g/mol. The highest BCUT2D eigenvalue weighted by atomic mass is 35.5. The standard InChI is InChI=1S/C13H12ClN3S2/c1-17-12(9-5-6-10(14)19-9)11(16-13(17)18)8-4-2-3-7-15-8/h2-7,11-12H,1H3,(H,16,18)/t11-,12-/m0/s1. The second-order valence-corrected chi connectivity index (χ2v) is 6.51. The van der Waals surface area contributed by atoms with Crippen LogP contribution < -0.4 is 5.32 Å². The van der Waals surface area contributed by atoms with Crippen LogP contribution in [0.5, 0.6) is 0 Å². The van der Waals surface area contributed by atoms with Gasteiger partial charge in [-0.05, 0) is 36.5 Å². The summed E-state index contributed by atoms with van der Waals surface area (Å²) in [5.41, 5.74) is 0.990. The zero-order chi connectivity index (χ0) is 13.4. The zero-order valence-electron chi connectivity index (χ0n) is 10.2. The molecule has 0 unspecified atom stereocenters. The number of pyridine rings is 1. The lowest BCUT2D eigenvalue weighted by atomic mass is 10.0. The molecule has 1 fully saturated rings. The van der Waals surface area contributed by atoms with Crippen LogP contribution in [0.4, 0.5) is 0 Å². The Bertz CT molecular complexity index is 599. The van der Waals surface area contributed by atoms with Gasteiger partial charge in [0.05, 0.1) is 22.1 Å². The third kappa shape index (κ3) is 2.33. The van der Waals surface area contributed by atoms with E-state index in [1.807, 2.05) is 31.3 Å². The molecule has 3 rings (SSSR count). The summed E-state index contributed by atoms with van der Waals surface area (Å²) in [6, 6.07) is 10.1. The van der Waals surface area contributed by atoms with E-state index in [0.29, 0.717) is 0 Å². The van der Waals surface area contributed by atoms with Gasteiger partial charge in [-0.3, -0.25) is 4.98 Å². The summed E-state index contributed by atoms with van der Waals surface area (Å²) in [6.45, 7) is 0. The number of likely N-dealkylation sites (N-methyl/N-ethyl adjacent to an activating group) is 1. The molecule has 0 radical (unpaired) electrons. The molecule has 1 aliphatic heterocycles. The monoisotopic (exact) mass is 309 g/mol. The molecule has 3 nitrogen and oxygen atoms in total. The lowest BCUT2D eigenvalue weighted by Gasteiger charge is -2.22. The van der Waals surface area contributed by atoms with E-state index >= 15 is 0 Å². The van der Waals surface area contributed by atoms with Crippen molar-refractivity contribution in [2.75, 3.05) is 7.05 Å². The molecule has 2 aromatic heterocycles. The fourth-order valence-corrected chi connectivity index (χ4v) is 3.78. The Morgan fingerprint density at radius 2 is 2.21 bits per heavy atom. The summed E-state index contributed by atoms with van der Waals surface area (Å²) >= 11 is 13.0. The molecule has 6 heteroatoms. The molecule has 0 bridgehead atoms. The molecule has 0 aromatic carbocycles. The predicted molar refractivity (Wildman–Crippen MR) is 82.5 cm³/mol. The Labute approximate surface area is 126 Å². The van der Waals surface area contributed by atoms with Gasteiger partial charge in [-0.25, -0.2) is 0 Å². The van der Waals surface area contributed by atoms with E-state index in [2.05, 4.69) is 21.3 Å². The summed E-state index contributed by atoms with van der Waals surface area (Å²) in [5, 5.41) is 4.08. The number of nitrogens with zero attached hydrogens (tertiary/aromatic N) is 2. The molecule has 3 heterocycles. The predicted octanol–water partition coefficient (Wildman–Crippen LogP) is 3.40. The number of thiophene rings is 1. The minimum Gasteiger partial charge on any atom is -0.352 e. The molecule has 19 heavy (non-hydrogen) atoms. The third-order valence-corrected chi connectivity index (χ3v) is 4.93. The molecule has 2 aromatic rings. The molecule has 98 valence electrons. The first-order valence-electron chi connectivity index (χ1n) is 5.86. The Kier molecular flexibility index (Phi) is 3.43. The number of rotatable bonds is 2. The molecule has 0 saturated carbocycles. The first kappa shape index (κ1) is 12.8. The number of nitrogens with one attached hydrogen (secondary N) is 1. The van der Waals surface area contributed by atoms with Crippen LogP contribution in [0.3, 0.4) is 0 Å². The maximum absolute atomic E-state index is 6.05. The van der Waals surface area contributed by atoms with Crippen LogP contribution in [0.15, 0.2) is 36.5 Å². The van der Waals surface area contributed by atoms with Crippen molar-refractivity contribution >= 4 is 40.3 Å². The number of thiocarbonyl (C=S) groups is 1. The quantitative estimate of drug-likeness (QED) is 0.861. The molecule has 1 saturated heterocycles. The Balaban J connectivity index is 2.01. The van der Waals surface area contributed by atoms with Gasteiger partial charge in [0.25, 0.3) is 0 Å². The topological polar surface area (TPSA) is 28.2 Å². The van der Waals surface area contributed by atoms with Gasteiger partial charge in [0.1, 0.15) is 0 Å². The van der Waals surface area contributed by atoms with Gasteiger partial charge in [0.2, 0.25) is 0 Å². The molecule has 0 amide bonds. The SMILES string of the molecule is CN1C(=S)N[C@@H](c2ccccn2)[C@@H]1c1ccc(Cl)s1.